The fourth-order valence-corrected chi connectivity index (χ4v) is 5.13. The Balaban J connectivity index is 2.02. The van der Waals surface area contributed by atoms with Gasteiger partial charge in [0.05, 0.1) is 10.6 Å². The number of amides is 2. The highest BCUT2D eigenvalue weighted by molar-refractivity contribution is 7.92. The number of nitrogens with zero attached hydrogens (tertiary/aromatic N) is 2. The number of likely N-dealkylation sites (N-methyl/N-ethyl adjacent to an activating group) is 1. The van der Waals surface area contributed by atoms with Crippen LogP contribution in [-0.4, -0.2) is 44.8 Å². The standard InChI is InChI=1S/C27H30FN3O4S/c1-19-8-14-25(15-9-19)36(34,35)31(24-7-5-6-20(2)16-24)18-26(32)30(21(3)27(33)29-4)17-22-10-12-23(28)13-11-22/h5-16,21H,17-18H2,1-4H3,(H,29,33)/t21-/m1/s1. The largest absolute Gasteiger partial charge is 0.357 e. The van der Waals surface area contributed by atoms with Crippen LogP contribution in [0.3, 0.4) is 0 Å². The lowest BCUT2D eigenvalue weighted by Gasteiger charge is -2.32. The topological polar surface area (TPSA) is 86.8 Å². The van der Waals surface area contributed by atoms with Crippen LogP contribution in [0, 0.1) is 19.7 Å². The van der Waals surface area contributed by atoms with E-state index in [4.69, 9.17) is 0 Å². The highest BCUT2D eigenvalue weighted by Gasteiger charge is 2.32. The molecule has 3 rings (SSSR count). The summed E-state index contributed by atoms with van der Waals surface area (Å²) in [7, 11) is -2.65. The van der Waals surface area contributed by atoms with Crippen molar-refractivity contribution in [3.8, 4) is 0 Å². The average Bonchev–Trinajstić information content (AvgIpc) is 2.86. The van der Waals surface area contributed by atoms with Gasteiger partial charge in [-0.2, -0.15) is 0 Å². The maximum atomic E-state index is 13.7. The van der Waals surface area contributed by atoms with Crippen molar-refractivity contribution in [1.29, 1.82) is 0 Å². The molecule has 36 heavy (non-hydrogen) atoms. The summed E-state index contributed by atoms with van der Waals surface area (Å²) < 4.78 is 41.9. The lowest BCUT2D eigenvalue weighted by atomic mass is 10.1. The second-order valence-corrected chi connectivity index (χ2v) is 10.5. The summed E-state index contributed by atoms with van der Waals surface area (Å²) in [5.74, 6) is -1.41. The van der Waals surface area contributed by atoms with Crippen molar-refractivity contribution < 1.29 is 22.4 Å². The Morgan fingerprint density at radius 2 is 1.58 bits per heavy atom. The third-order valence-electron chi connectivity index (χ3n) is 5.86. The van der Waals surface area contributed by atoms with Crippen LogP contribution in [-0.2, 0) is 26.2 Å². The van der Waals surface area contributed by atoms with E-state index < -0.39 is 40.2 Å². The number of halogens is 1. The van der Waals surface area contributed by atoms with Gasteiger partial charge < -0.3 is 10.2 Å². The van der Waals surface area contributed by atoms with Gasteiger partial charge in [-0.3, -0.25) is 13.9 Å². The van der Waals surface area contributed by atoms with Crippen molar-refractivity contribution in [2.24, 2.45) is 0 Å². The molecule has 0 aliphatic heterocycles. The molecule has 0 aliphatic rings. The first kappa shape index (κ1) is 26.9. The summed E-state index contributed by atoms with van der Waals surface area (Å²) in [5.41, 5.74) is 2.66. The lowest BCUT2D eigenvalue weighted by molar-refractivity contribution is -0.139. The number of rotatable bonds is 9. The van der Waals surface area contributed by atoms with E-state index in [9.17, 15) is 22.4 Å². The number of benzene rings is 3. The van der Waals surface area contributed by atoms with Crippen LogP contribution in [0.15, 0.2) is 77.7 Å². The maximum Gasteiger partial charge on any atom is 0.264 e. The molecule has 0 spiro atoms. The monoisotopic (exact) mass is 511 g/mol. The van der Waals surface area contributed by atoms with Crippen LogP contribution < -0.4 is 9.62 Å². The molecule has 0 saturated heterocycles. The van der Waals surface area contributed by atoms with Gasteiger partial charge in [-0.25, -0.2) is 12.8 Å². The Morgan fingerprint density at radius 1 is 0.944 bits per heavy atom. The molecule has 0 fully saturated rings. The third-order valence-corrected chi connectivity index (χ3v) is 7.65. The Morgan fingerprint density at radius 3 is 2.17 bits per heavy atom. The van der Waals surface area contributed by atoms with Crippen LogP contribution in [0.5, 0.6) is 0 Å². The summed E-state index contributed by atoms with van der Waals surface area (Å²) >= 11 is 0. The van der Waals surface area contributed by atoms with E-state index >= 15 is 0 Å². The molecule has 7 nitrogen and oxygen atoms in total. The maximum absolute atomic E-state index is 13.7. The van der Waals surface area contributed by atoms with Crippen LogP contribution in [0.2, 0.25) is 0 Å². The normalized spacial score (nSPS) is 12.0. The molecule has 0 aromatic heterocycles. The van der Waals surface area contributed by atoms with Crippen molar-refractivity contribution in [3.63, 3.8) is 0 Å². The van der Waals surface area contributed by atoms with E-state index in [1.165, 1.54) is 48.3 Å². The Labute approximate surface area is 211 Å². The number of anilines is 1. The number of nitrogens with one attached hydrogen (secondary N) is 1. The zero-order valence-electron chi connectivity index (χ0n) is 20.7. The molecule has 3 aromatic rings. The predicted molar refractivity (Wildman–Crippen MR) is 137 cm³/mol. The van der Waals surface area contributed by atoms with Crippen LogP contribution in [0.1, 0.15) is 23.6 Å². The zero-order valence-corrected chi connectivity index (χ0v) is 21.5. The van der Waals surface area contributed by atoms with E-state index in [0.29, 0.717) is 11.3 Å². The number of carbonyl (C=O) groups excluding carboxylic acids is 2. The average molecular weight is 512 g/mol. The molecule has 0 heterocycles. The SMILES string of the molecule is CNC(=O)[C@@H](C)N(Cc1ccc(F)cc1)C(=O)CN(c1cccc(C)c1)S(=O)(=O)c1ccc(C)cc1. The molecule has 0 bridgehead atoms. The molecular formula is C27H30FN3O4S. The molecule has 190 valence electrons. The summed E-state index contributed by atoms with van der Waals surface area (Å²) in [6.45, 7) is 4.72. The Bertz CT molecular complexity index is 1330. The van der Waals surface area contributed by atoms with E-state index in [1.807, 2.05) is 19.9 Å². The number of aryl methyl sites for hydroxylation is 2. The fraction of sp³-hybridized carbons (Fsp3) is 0.259. The van der Waals surface area contributed by atoms with Gasteiger partial charge in [0.25, 0.3) is 10.0 Å². The summed E-state index contributed by atoms with van der Waals surface area (Å²) in [5, 5.41) is 2.52. The van der Waals surface area contributed by atoms with Gasteiger partial charge in [0.15, 0.2) is 0 Å². The van der Waals surface area contributed by atoms with Crippen molar-refractivity contribution in [2.75, 3.05) is 17.9 Å². The van der Waals surface area contributed by atoms with Gasteiger partial charge in [0, 0.05) is 13.6 Å². The minimum atomic E-state index is -4.11. The van der Waals surface area contributed by atoms with Crippen LogP contribution >= 0.6 is 0 Å². The van der Waals surface area contributed by atoms with E-state index in [-0.39, 0.29) is 11.4 Å². The highest BCUT2D eigenvalue weighted by Crippen LogP contribution is 2.25. The van der Waals surface area contributed by atoms with Gasteiger partial charge in [0.1, 0.15) is 18.4 Å². The zero-order chi connectivity index (χ0) is 26.5. The first-order valence-corrected chi connectivity index (χ1v) is 12.9. The minimum Gasteiger partial charge on any atom is -0.357 e. The quantitative estimate of drug-likeness (QED) is 0.474. The molecule has 1 atom stereocenters. The summed E-state index contributed by atoms with van der Waals surface area (Å²) in [6.07, 6.45) is 0. The first-order chi connectivity index (χ1) is 17.0. The number of carbonyl (C=O) groups is 2. The van der Waals surface area contributed by atoms with Gasteiger partial charge in [0.2, 0.25) is 11.8 Å². The minimum absolute atomic E-state index is 0.0000627. The number of hydrogen-bond donors (Lipinski definition) is 1. The molecule has 2 amide bonds. The molecule has 0 saturated carbocycles. The summed E-state index contributed by atoms with van der Waals surface area (Å²) in [6, 6.07) is 17.9. The first-order valence-electron chi connectivity index (χ1n) is 11.4. The number of sulfonamides is 1. The van der Waals surface area contributed by atoms with Gasteiger partial charge in [-0.15, -0.1) is 0 Å². The summed E-state index contributed by atoms with van der Waals surface area (Å²) in [4.78, 5) is 27.4. The smallest absolute Gasteiger partial charge is 0.264 e. The van der Waals surface area contributed by atoms with Crippen molar-refractivity contribution in [2.45, 2.75) is 38.3 Å². The van der Waals surface area contributed by atoms with Gasteiger partial charge >= 0.3 is 0 Å². The van der Waals surface area contributed by atoms with Crippen molar-refractivity contribution in [3.05, 3.63) is 95.3 Å². The van der Waals surface area contributed by atoms with Crippen LogP contribution in [0.4, 0.5) is 10.1 Å². The van der Waals surface area contributed by atoms with E-state index in [0.717, 1.165) is 15.4 Å². The van der Waals surface area contributed by atoms with Crippen molar-refractivity contribution in [1.82, 2.24) is 10.2 Å². The van der Waals surface area contributed by atoms with E-state index in [1.54, 1.807) is 37.3 Å². The molecule has 0 radical (unpaired) electrons. The van der Waals surface area contributed by atoms with Crippen molar-refractivity contribution >= 4 is 27.5 Å². The second-order valence-electron chi connectivity index (χ2n) is 8.60. The van der Waals surface area contributed by atoms with Gasteiger partial charge in [-0.1, -0.05) is 42.0 Å². The Hall–Kier alpha value is -3.72. The highest BCUT2D eigenvalue weighted by atomic mass is 32.2. The lowest BCUT2D eigenvalue weighted by Crippen LogP contribution is -2.50. The number of hydrogen-bond acceptors (Lipinski definition) is 4. The van der Waals surface area contributed by atoms with E-state index in [2.05, 4.69) is 5.32 Å². The fourth-order valence-electron chi connectivity index (χ4n) is 3.73. The molecular weight excluding hydrogens is 481 g/mol. The van der Waals surface area contributed by atoms with Crippen LogP contribution in [0.25, 0.3) is 0 Å². The molecule has 9 heteroatoms. The Kier molecular flexibility index (Phi) is 8.47. The molecule has 0 unspecified atom stereocenters. The second kappa shape index (κ2) is 11.3. The third kappa shape index (κ3) is 6.28. The molecule has 0 aliphatic carbocycles. The predicted octanol–water partition coefficient (Wildman–Crippen LogP) is 3.80. The molecule has 1 N–H and O–H groups in total. The van der Waals surface area contributed by atoms with Gasteiger partial charge in [-0.05, 0) is 68.3 Å². The molecule has 3 aromatic carbocycles.